The van der Waals surface area contributed by atoms with Gasteiger partial charge in [-0.3, -0.25) is 5.32 Å². The lowest BCUT2D eigenvalue weighted by molar-refractivity contribution is -0.139. The summed E-state index contributed by atoms with van der Waals surface area (Å²) in [6, 6.07) is 6.59. The lowest BCUT2D eigenvalue weighted by atomic mass is 10.1. The third kappa shape index (κ3) is 9.46. The number of nitrogens with one attached hydrogen (secondary N) is 1. The van der Waals surface area contributed by atoms with Gasteiger partial charge in [-0.15, -0.1) is 4.99 Å². The summed E-state index contributed by atoms with van der Waals surface area (Å²) in [5.74, 6) is -1.10. The topological polar surface area (TPSA) is 139 Å². The second-order valence-corrected chi connectivity index (χ2v) is 11.2. The van der Waals surface area contributed by atoms with Gasteiger partial charge in [0.05, 0.1) is 11.1 Å². The van der Waals surface area contributed by atoms with Gasteiger partial charge in [0.2, 0.25) is 17.7 Å². The van der Waals surface area contributed by atoms with Gasteiger partial charge in [-0.25, -0.2) is 9.59 Å². The number of ether oxygens (including phenoxy) is 2. The van der Waals surface area contributed by atoms with Crippen molar-refractivity contribution in [3.63, 3.8) is 0 Å². The van der Waals surface area contributed by atoms with Crippen molar-refractivity contribution >= 4 is 24.2 Å². The number of aromatic nitrogens is 2. The van der Waals surface area contributed by atoms with Crippen LogP contribution in [-0.4, -0.2) is 57.0 Å². The van der Waals surface area contributed by atoms with Crippen molar-refractivity contribution in [2.75, 3.05) is 13.2 Å². The molecule has 0 spiro atoms. The number of halogens is 6. The van der Waals surface area contributed by atoms with Gasteiger partial charge in [-0.1, -0.05) is 23.4 Å². The van der Waals surface area contributed by atoms with E-state index in [4.69, 9.17) is 14.0 Å². The summed E-state index contributed by atoms with van der Waals surface area (Å²) < 4.78 is 96.0. The molecular formula is C30H29F6N5O6. The molecule has 2 N–H and O–H groups in total. The number of rotatable bonds is 6. The normalized spacial score (nSPS) is 16.1. The summed E-state index contributed by atoms with van der Waals surface area (Å²) in [6.07, 6.45) is -8.24. The van der Waals surface area contributed by atoms with E-state index < -0.39 is 53.1 Å². The minimum absolute atomic E-state index is 0.0520. The first kappa shape index (κ1) is 34.8. The van der Waals surface area contributed by atoms with Gasteiger partial charge in [-0.05, 0) is 75.6 Å². The standard InChI is InChI=1S/C30H29F6N5O6/c1-28(2,3)46-27(44)39-25(38-26(42)43)41-14-4-7-21(41)24-37-23(40-47-24)18-10-13-22(20(16-18)30(34,35)36)45-15-5-6-17-8-11-19(12-9-17)29(31,32)33/h5-6,8-13,16,21H,4,7,14-15H2,1-3H3,(H,42,43)(H,38,39,44). The van der Waals surface area contributed by atoms with E-state index in [2.05, 4.69) is 20.4 Å². The Morgan fingerprint density at radius 2 is 1.79 bits per heavy atom. The van der Waals surface area contributed by atoms with Gasteiger partial charge in [0.15, 0.2) is 0 Å². The maximum Gasteiger partial charge on any atom is 0.437 e. The molecular weight excluding hydrogens is 640 g/mol. The Bertz CT molecular complexity index is 1640. The van der Waals surface area contributed by atoms with Gasteiger partial charge < -0.3 is 24.0 Å². The highest BCUT2D eigenvalue weighted by molar-refractivity contribution is 5.98. The third-order valence-corrected chi connectivity index (χ3v) is 6.49. The first-order valence-electron chi connectivity index (χ1n) is 14.0. The van der Waals surface area contributed by atoms with E-state index in [1.165, 1.54) is 35.3 Å². The SMILES string of the molecule is CC(C)(C)OC(=O)N=C(NC(=O)O)N1CCCC1c1nc(-c2ccc(OCC=Cc3ccc(C(F)(F)F)cc3)c(C(F)(F)F)c2)no1. The Labute approximate surface area is 263 Å². The van der Waals surface area contributed by atoms with Gasteiger partial charge in [0.1, 0.15) is 24.0 Å². The zero-order valence-electron chi connectivity index (χ0n) is 25.1. The van der Waals surface area contributed by atoms with E-state index in [-0.39, 0.29) is 36.4 Å². The molecule has 2 heterocycles. The predicted molar refractivity (Wildman–Crippen MR) is 154 cm³/mol. The number of carbonyl (C=O) groups is 2. The molecule has 0 saturated carbocycles. The molecule has 4 rings (SSSR count). The van der Waals surface area contributed by atoms with Gasteiger partial charge in [-0.2, -0.15) is 31.3 Å². The summed E-state index contributed by atoms with van der Waals surface area (Å²) in [4.78, 5) is 33.1. The smallest absolute Gasteiger partial charge is 0.437 e. The molecule has 0 aliphatic carbocycles. The van der Waals surface area contributed by atoms with Crippen LogP contribution in [0, 0.1) is 0 Å². The molecule has 1 saturated heterocycles. The molecule has 3 aromatic rings. The van der Waals surface area contributed by atoms with Crippen molar-refractivity contribution in [1.29, 1.82) is 0 Å². The lowest BCUT2D eigenvalue weighted by Gasteiger charge is -2.25. The van der Waals surface area contributed by atoms with Crippen LogP contribution in [0.2, 0.25) is 0 Å². The molecule has 1 aliphatic heterocycles. The molecule has 11 nitrogen and oxygen atoms in total. The summed E-state index contributed by atoms with van der Waals surface area (Å²) >= 11 is 0. The summed E-state index contributed by atoms with van der Waals surface area (Å²) in [7, 11) is 0. The molecule has 1 aromatic heterocycles. The average Bonchev–Trinajstić information content (AvgIpc) is 3.63. The Morgan fingerprint density at radius 1 is 1.09 bits per heavy atom. The maximum atomic E-state index is 14.0. The van der Waals surface area contributed by atoms with E-state index >= 15 is 0 Å². The molecule has 2 amide bonds. The Kier molecular flexibility index (Phi) is 10.2. The van der Waals surface area contributed by atoms with Gasteiger partial charge >= 0.3 is 24.5 Å². The fourth-order valence-corrected chi connectivity index (χ4v) is 4.52. The van der Waals surface area contributed by atoms with Crippen molar-refractivity contribution < 1.29 is 55.0 Å². The number of guanidine groups is 1. The highest BCUT2D eigenvalue weighted by atomic mass is 19.4. The van der Waals surface area contributed by atoms with Gasteiger partial charge in [0, 0.05) is 12.1 Å². The predicted octanol–water partition coefficient (Wildman–Crippen LogP) is 7.56. The van der Waals surface area contributed by atoms with Crippen LogP contribution in [0.15, 0.2) is 58.1 Å². The van der Waals surface area contributed by atoms with E-state index in [9.17, 15) is 41.0 Å². The summed E-state index contributed by atoms with van der Waals surface area (Å²) in [5, 5.41) is 15.2. The number of benzene rings is 2. The number of alkyl halides is 6. The minimum Gasteiger partial charge on any atom is -0.489 e. The van der Waals surface area contributed by atoms with Crippen LogP contribution in [0.1, 0.15) is 62.2 Å². The maximum absolute atomic E-state index is 14.0. The summed E-state index contributed by atoms with van der Waals surface area (Å²) in [6.45, 7) is 4.75. The number of hydrogen-bond acceptors (Lipinski definition) is 7. The van der Waals surface area contributed by atoms with E-state index in [1.54, 1.807) is 20.8 Å². The molecule has 252 valence electrons. The number of hydrogen-bond donors (Lipinski definition) is 2. The summed E-state index contributed by atoms with van der Waals surface area (Å²) in [5.41, 5.74) is -2.53. The van der Waals surface area contributed by atoms with E-state index in [1.807, 2.05) is 0 Å². The second kappa shape index (κ2) is 13.7. The van der Waals surface area contributed by atoms with Gasteiger partial charge in [0.25, 0.3) is 0 Å². The molecule has 47 heavy (non-hydrogen) atoms. The van der Waals surface area contributed by atoms with Crippen molar-refractivity contribution in [1.82, 2.24) is 20.4 Å². The number of likely N-dealkylation sites (tertiary alicyclic amines) is 1. The molecule has 0 radical (unpaired) electrons. The molecule has 1 fully saturated rings. The van der Waals surface area contributed by atoms with Crippen LogP contribution in [0.3, 0.4) is 0 Å². The monoisotopic (exact) mass is 669 g/mol. The molecule has 1 atom stereocenters. The van der Waals surface area contributed by atoms with Crippen molar-refractivity contribution in [2.45, 2.75) is 57.6 Å². The van der Waals surface area contributed by atoms with E-state index in [0.29, 0.717) is 18.4 Å². The lowest BCUT2D eigenvalue weighted by Crippen LogP contribution is -2.44. The number of carboxylic acid groups (broad SMARTS) is 1. The average molecular weight is 670 g/mol. The fourth-order valence-electron chi connectivity index (χ4n) is 4.52. The largest absolute Gasteiger partial charge is 0.489 e. The molecule has 2 aromatic carbocycles. The third-order valence-electron chi connectivity index (χ3n) is 6.49. The van der Waals surface area contributed by atoms with Crippen LogP contribution in [0.25, 0.3) is 17.5 Å². The van der Waals surface area contributed by atoms with Crippen molar-refractivity contribution in [3.8, 4) is 17.1 Å². The van der Waals surface area contributed by atoms with Crippen LogP contribution in [0.4, 0.5) is 35.9 Å². The Morgan fingerprint density at radius 3 is 2.40 bits per heavy atom. The number of carbonyl (C=O) groups excluding carboxylic acids is 1. The van der Waals surface area contributed by atoms with Crippen molar-refractivity contribution in [2.24, 2.45) is 4.99 Å². The molecule has 0 bridgehead atoms. The number of aliphatic imine (C=N–C) groups is 1. The number of nitrogens with zero attached hydrogens (tertiary/aromatic N) is 4. The Balaban J connectivity index is 1.51. The quantitative estimate of drug-likeness (QED) is 0.155. The Hall–Kier alpha value is -5.09. The number of amides is 2. The van der Waals surface area contributed by atoms with Crippen LogP contribution < -0.4 is 10.1 Å². The van der Waals surface area contributed by atoms with E-state index in [0.717, 1.165) is 24.3 Å². The molecule has 1 aliphatic rings. The molecule has 1 unspecified atom stereocenters. The zero-order chi connectivity index (χ0) is 34.6. The highest BCUT2D eigenvalue weighted by Crippen LogP contribution is 2.39. The minimum atomic E-state index is -4.84. The first-order chi connectivity index (χ1) is 21.9. The van der Waals surface area contributed by atoms with Crippen LogP contribution >= 0.6 is 0 Å². The highest BCUT2D eigenvalue weighted by Gasteiger charge is 2.37. The first-order valence-corrected chi connectivity index (χ1v) is 14.0. The van der Waals surface area contributed by atoms with Crippen molar-refractivity contribution in [3.05, 3.63) is 71.1 Å². The second-order valence-electron chi connectivity index (χ2n) is 11.2. The zero-order valence-corrected chi connectivity index (χ0v) is 25.1. The van der Waals surface area contributed by atoms with Crippen LogP contribution in [0.5, 0.6) is 5.75 Å². The molecule has 17 heteroatoms. The van der Waals surface area contributed by atoms with Crippen LogP contribution in [-0.2, 0) is 17.1 Å². The fraction of sp³-hybridized carbons (Fsp3) is 0.367.